The third-order valence-electron chi connectivity index (χ3n) is 5.25. The molecule has 2 aromatic carbocycles. The molecule has 32 heavy (non-hydrogen) atoms. The summed E-state index contributed by atoms with van der Waals surface area (Å²) in [5, 5.41) is 12.4. The number of nitrogens with zero attached hydrogens (tertiary/aromatic N) is 3. The standard InChI is InChI=1S/C24H26ClN5OS/c1-4-5-12-32-24-28-23-26-16(3)20(22(31)27-19-11-6-8-15(2)13-19)21(30(23)29-24)17-9-7-10-18(25)14-17/h6-11,13-14,21H,4-5,12H2,1-3H3,(H,27,31)(H,26,28,29). The SMILES string of the molecule is CCCCSc1nc2n(n1)C(c1cccc(Cl)c1)C(C(=O)Nc1cccc(C)c1)=C(C)N2. The maximum absolute atomic E-state index is 13.5. The Balaban J connectivity index is 1.73. The van der Waals surface area contributed by atoms with E-state index < -0.39 is 6.04 Å². The summed E-state index contributed by atoms with van der Waals surface area (Å²) in [6, 6.07) is 14.9. The van der Waals surface area contributed by atoms with Crippen LogP contribution in [0.5, 0.6) is 0 Å². The minimum atomic E-state index is -0.442. The van der Waals surface area contributed by atoms with Gasteiger partial charge >= 0.3 is 0 Å². The second kappa shape index (κ2) is 9.79. The van der Waals surface area contributed by atoms with Crippen molar-refractivity contribution >= 4 is 40.9 Å². The van der Waals surface area contributed by atoms with Crippen LogP contribution in [0.15, 0.2) is 65.0 Å². The number of allylic oxidation sites excluding steroid dienone is 1. The molecule has 2 heterocycles. The van der Waals surface area contributed by atoms with Gasteiger partial charge in [-0.2, -0.15) is 4.98 Å². The number of unbranched alkanes of at least 4 members (excludes halogenated alkanes) is 1. The summed E-state index contributed by atoms with van der Waals surface area (Å²) >= 11 is 7.94. The number of carbonyl (C=O) groups is 1. The summed E-state index contributed by atoms with van der Waals surface area (Å²) in [5.41, 5.74) is 4.03. The van der Waals surface area contributed by atoms with Crippen LogP contribution in [-0.4, -0.2) is 26.4 Å². The molecule has 1 unspecified atom stereocenters. The zero-order valence-electron chi connectivity index (χ0n) is 18.4. The molecule has 0 radical (unpaired) electrons. The lowest BCUT2D eigenvalue weighted by Gasteiger charge is -2.28. The molecule has 1 amide bonds. The minimum absolute atomic E-state index is 0.188. The van der Waals surface area contributed by atoms with E-state index in [0.29, 0.717) is 21.7 Å². The Hall–Kier alpha value is -2.77. The van der Waals surface area contributed by atoms with Gasteiger partial charge in [0.05, 0.1) is 5.57 Å². The topological polar surface area (TPSA) is 71.8 Å². The van der Waals surface area contributed by atoms with Crippen LogP contribution >= 0.6 is 23.4 Å². The number of amides is 1. The summed E-state index contributed by atoms with van der Waals surface area (Å²) < 4.78 is 1.79. The molecule has 1 aliphatic heterocycles. The van der Waals surface area contributed by atoms with Crippen LogP contribution in [-0.2, 0) is 4.79 Å². The Morgan fingerprint density at radius 1 is 1.22 bits per heavy atom. The van der Waals surface area contributed by atoms with E-state index >= 15 is 0 Å². The van der Waals surface area contributed by atoms with Gasteiger partial charge in [0.1, 0.15) is 6.04 Å². The summed E-state index contributed by atoms with van der Waals surface area (Å²) in [4.78, 5) is 18.1. The lowest BCUT2D eigenvalue weighted by atomic mass is 9.95. The lowest BCUT2D eigenvalue weighted by molar-refractivity contribution is -0.113. The molecule has 1 aliphatic rings. The molecule has 0 saturated carbocycles. The predicted octanol–water partition coefficient (Wildman–Crippen LogP) is 6.06. The molecule has 6 nitrogen and oxygen atoms in total. The highest BCUT2D eigenvalue weighted by molar-refractivity contribution is 7.99. The maximum Gasteiger partial charge on any atom is 0.255 e. The Morgan fingerprint density at radius 3 is 2.78 bits per heavy atom. The number of aryl methyl sites for hydroxylation is 1. The van der Waals surface area contributed by atoms with E-state index in [9.17, 15) is 4.79 Å². The normalized spacial score (nSPS) is 15.3. The molecular formula is C24H26ClN5OS. The van der Waals surface area contributed by atoms with E-state index in [1.807, 2.05) is 62.4 Å². The molecule has 0 spiro atoms. The van der Waals surface area contributed by atoms with E-state index in [2.05, 4.69) is 22.5 Å². The van der Waals surface area contributed by atoms with Crippen molar-refractivity contribution in [2.24, 2.45) is 0 Å². The largest absolute Gasteiger partial charge is 0.328 e. The monoisotopic (exact) mass is 467 g/mol. The van der Waals surface area contributed by atoms with Gasteiger partial charge in [0.2, 0.25) is 11.1 Å². The van der Waals surface area contributed by atoms with Crippen LogP contribution in [0.3, 0.4) is 0 Å². The molecule has 1 aromatic heterocycles. The zero-order chi connectivity index (χ0) is 22.7. The number of carbonyl (C=O) groups excluding carboxylic acids is 1. The van der Waals surface area contributed by atoms with Crippen molar-refractivity contribution in [3.63, 3.8) is 0 Å². The first kappa shape index (κ1) is 22.4. The molecular weight excluding hydrogens is 442 g/mol. The molecule has 4 rings (SSSR count). The second-order valence-corrected chi connectivity index (χ2v) is 9.31. The second-order valence-electron chi connectivity index (χ2n) is 7.81. The highest BCUT2D eigenvalue weighted by atomic mass is 35.5. The molecule has 166 valence electrons. The van der Waals surface area contributed by atoms with Crippen LogP contribution in [0.2, 0.25) is 5.02 Å². The smallest absolute Gasteiger partial charge is 0.255 e. The summed E-state index contributed by atoms with van der Waals surface area (Å²) in [5.74, 6) is 1.39. The van der Waals surface area contributed by atoms with Crippen LogP contribution in [0.1, 0.15) is 43.9 Å². The summed E-state index contributed by atoms with van der Waals surface area (Å²) in [6.45, 7) is 6.05. The number of hydrogen-bond donors (Lipinski definition) is 2. The first-order chi connectivity index (χ1) is 15.5. The molecule has 2 N–H and O–H groups in total. The van der Waals surface area contributed by atoms with Crippen LogP contribution in [0.4, 0.5) is 11.6 Å². The van der Waals surface area contributed by atoms with Crippen LogP contribution in [0, 0.1) is 6.92 Å². The Bertz CT molecular complexity index is 1170. The zero-order valence-corrected chi connectivity index (χ0v) is 19.9. The molecule has 0 saturated heterocycles. The van der Waals surface area contributed by atoms with Crippen molar-refractivity contribution in [1.82, 2.24) is 14.8 Å². The minimum Gasteiger partial charge on any atom is -0.328 e. The van der Waals surface area contributed by atoms with E-state index in [0.717, 1.165) is 41.1 Å². The van der Waals surface area contributed by atoms with Gasteiger partial charge in [-0.15, -0.1) is 5.10 Å². The number of hydrogen-bond acceptors (Lipinski definition) is 5. The van der Waals surface area contributed by atoms with Crippen molar-refractivity contribution in [2.75, 3.05) is 16.4 Å². The van der Waals surface area contributed by atoms with Gasteiger partial charge in [-0.25, -0.2) is 4.68 Å². The Labute approximate surface area is 197 Å². The molecule has 3 aromatic rings. The van der Waals surface area contributed by atoms with Gasteiger partial charge in [0, 0.05) is 22.2 Å². The fraction of sp³-hybridized carbons (Fsp3) is 0.292. The lowest BCUT2D eigenvalue weighted by Crippen LogP contribution is -2.31. The molecule has 1 atom stereocenters. The van der Waals surface area contributed by atoms with Gasteiger partial charge < -0.3 is 10.6 Å². The third-order valence-corrected chi connectivity index (χ3v) is 6.41. The summed E-state index contributed by atoms with van der Waals surface area (Å²) in [6.07, 6.45) is 2.22. The van der Waals surface area contributed by atoms with Crippen molar-refractivity contribution in [3.8, 4) is 0 Å². The van der Waals surface area contributed by atoms with Crippen LogP contribution < -0.4 is 10.6 Å². The van der Waals surface area contributed by atoms with Gasteiger partial charge in [0.25, 0.3) is 5.91 Å². The predicted molar refractivity (Wildman–Crippen MR) is 131 cm³/mol. The first-order valence-electron chi connectivity index (χ1n) is 10.7. The first-order valence-corrected chi connectivity index (χ1v) is 12.0. The quantitative estimate of drug-likeness (QED) is 0.326. The maximum atomic E-state index is 13.5. The van der Waals surface area contributed by atoms with Crippen molar-refractivity contribution in [1.29, 1.82) is 0 Å². The number of thioether (sulfide) groups is 1. The third kappa shape index (κ3) is 4.84. The molecule has 8 heteroatoms. The Morgan fingerprint density at radius 2 is 2.03 bits per heavy atom. The average Bonchev–Trinajstić information content (AvgIpc) is 3.15. The number of benzene rings is 2. The Kier molecular flexibility index (Phi) is 6.86. The van der Waals surface area contributed by atoms with Crippen LogP contribution in [0.25, 0.3) is 0 Å². The van der Waals surface area contributed by atoms with Gasteiger partial charge in [-0.05, 0) is 55.7 Å². The van der Waals surface area contributed by atoms with Gasteiger partial charge in [-0.1, -0.05) is 61.0 Å². The fourth-order valence-electron chi connectivity index (χ4n) is 3.70. The highest BCUT2D eigenvalue weighted by Gasteiger charge is 2.34. The number of rotatable bonds is 7. The van der Waals surface area contributed by atoms with E-state index in [-0.39, 0.29) is 5.91 Å². The molecule has 0 aliphatic carbocycles. The average molecular weight is 468 g/mol. The number of nitrogens with one attached hydrogen (secondary N) is 2. The number of fused-ring (bicyclic) bond motifs is 1. The fourth-order valence-corrected chi connectivity index (χ4v) is 4.81. The number of anilines is 2. The van der Waals surface area contributed by atoms with Gasteiger partial charge in [0.15, 0.2) is 0 Å². The number of halogens is 1. The summed E-state index contributed by atoms with van der Waals surface area (Å²) in [7, 11) is 0. The number of aromatic nitrogens is 3. The highest BCUT2D eigenvalue weighted by Crippen LogP contribution is 2.37. The molecule has 0 fully saturated rings. The van der Waals surface area contributed by atoms with Crippen molar-refractivity contribution < 1.29 is 4.79 Å². The van der Waals surface area contributed by atoms with E-state index in [4.69, 9.17) is 16.7 Å². The van der Waals surface area contributed by atoms with Crippen molar-refractivity contribution in [2.45, 2.75) is 44.8 Å². The van der Waals surface area contributed by atoms with E-state index in [1.165, 1.54) is 0 Å². The van der Waals surface area contributed by atoms with Crippen molar-refractivity contribution in [3.05, 3.63) is 76.0 Å². The molecule has 0 bridgehead atoms. The van der Waals surface area contributed by atoms with Gasteiger partial charge in [-0.3, -0.25) is 4.79 Å². The van der Waals surface area contributed by atoms with E-state index in [1.54, 1.807) is 16.4 Å².